The Balaban J connectivity index is 1.57. The molecule has 142 valence electrons. The average Bonchev–Trinajstić information content (AvgIpc) is 3.02. The molecule has 1 N–H and O–H groups in total. The van der Waals surface area contributed by atoms with Crippen molar-refractivity contribution in [3.05, 3.63) is 29.8 Å². The van der Waals surface area contributed by atoms with Gasteiger partial charge in [-0.3, -0.25) is 19.4 Å². The van der Waals surface area contributed by atoms with Crippen molar-refractivity contribution in [3.63, 3.8) is 0 Å². The molecule has 0 radical (unpaired) electrons. The van der Waals surface area contributed by atoms with E-state index in [0.29, 0.717) is 6.04 Å². The van der Waals surface area contributed by atoms with Crippen molar-refractivity contribution in [2.24, 2.45) is 0 Å². The number of aliphatic carboxylic acids is 1. The highest BCUT2D eigenvalue weighted by Gasteiger charge is 2.38. The Morgan fingerprint density at radius 2 is 1.81 bits per heavy atom. The molecule has 0 aromatic heterocycles. The van der Waals surface area contributed by atoms with E-state index in [4.69, 9.17) is 5.11 Å². The summed E-state index contributed by atoms with van der Waals surface area (Å²) >= 11 is 0. The zero-order valence-electron chi connectivity index (χ0n) is 15.7. The van der Waals surface area contributed by atoms with E-state index in [1.807, 2.05) is 47.9 Å². The minimum Gasteiger partial charge on any atom is -0.480 e. The van der Waals surface area contributed by atoms with E-state index in [1.165, 1.54) is 5.56 Å². The molecular weight excluding hydrogens is 330 g/mol. The number of benzene rings is 1. The SMILES string of the molecule is CCN(CC(=O)O)C1CCN(C2CCN(c3ccc(C)cc3)C2=O)CC1. The second-order valence-electron chi connectivity index (χ2n) is 7.35. The van der Waals surface area contributed by atoms with Gasteiger partial charge in [0.15, 0.2) is 0 Å². The lowest BCUT2D eigenvalue weighted by molar-refractivity contribution is -0.139. The molecule has 0 spiro atoms. The first kappa shape index (κ1) is 18.9. The van der Waals surface area contributed by atoms with Crippen LogP contribution in [-0.4, -0.2) is 71.6 Å². The molecule has 1 atom stereocenters. The number of carboxylic acids is 1. The summed E-state index contributed by atoms with van der Waals surface area (Å²) in [5, 5.41) is 9.06. The number of amides is 1. The van der Waals surface area contributed by atoms with Crippen LogP contribution in [0.3, 0.4) is 0 Å². The van der Waals surface area contributed by atoms with Crippen LogP contribution in [0.5, 0.6) is 0 Å². The molecule has 2 aliphatic heterocycles. The van der Waals surface area contributed by atoms with Gasteiger partial charge in [0, 0.05) is 31.4 Å². The minimum atomic E-state index is -0.769. The van der Waals surface area contributed by atoms with Gasteiger partial charge in [-0.05, 0) is 44.9 Å². The van der Waals surface area contributed by atoms with E-state index < -0.39 is 5.97 Å². The Morgan fingerprint density at radius 3 is 2.38 bits per heavy atom. The molecule has 3 rings (SSSR count). The molecule has 2 saturated heterocycles. The van der Waals surface area contributed by atoms with Crippen LogP contribution in [0.15, 0.2) is 24.3 Å². The van der Waals surface area contributed by atoms with Crippen LogP contribution >= 0.6 is 0 Å². The lowest BCUT2D eigenvalue weighted by atomic mass is 10.0. The van der Waals surface area contributed by atoms with E-state index in [-0.39, 0.29) is 18.5 Å². The lowest BCUT2D eigenvalue weighted by Crippen LogP contribution is -2.51. The maximum atomic E-state index is 12.9. The van der Waals surface area contributed by atoms with Crippen LogP contribution in [-0.2, 0) is 9.59 Å². The fourth-order valence-electron chi connectivity index (χ4n) is 4.22. The molecule has 0 saturated carbocycles. The number of hydrogen-bond donors (Lipinski definition) is 1. The van der Waals surface area contributed by atoms with E-state index >= 15 is 0 Å². The summed E-state index contributed by atoms with van der Waals surface area (Å²) in [5.41, 5.74) is 2.18. The van der Waals surface area contributed by atoms with Gasteiger partial charge in [0.25, 0.3) is 0 Å². The molecular formula is C20H29N3O3. The monoisotopic (exact) mass is 359 g/mol. The first-order valence-electron chi connectivity index (χ1n) is 9.57. The molecule has 6 nitrogen and oxygen atoms in total. The van der Waals surface area contributed by atoms with Gasteiger partial charge in [0.05, 0.1) is 12.6 Å². The summed E-state index contributed by atoms with van der Waals surface area (Å²) in [6.07, 6.45) is 2.72. The van der Waals surface area contributed by atoms with Gasteiger partial charge in [0.2, 0.25) is 5.91 Å². The number of likely N-dealkylation sites (tertiary alicyclic amines) is 1. The van der Waals surface area contributed by atoms with Crippen LogP contribution < -0.4 is 4.90 Å². The zero-order chi connectivity index (χ0) is 18.7. The number of carbonyl (C=O) groups excluding carboxylic acids is 1. The van der Waals surface area contributed by atoms with Gasteiger partial charge in [-0.2, -0.15) is 0 Å². The second-order valence-corrected chi connectivity index (χ2v) is 7.35. The number of hydrogen-bond acceptors (Lipinski definition) is 4. The van der Waals surface area contributed by atoms with Crippen molar-refractivity contribution in [3.8, 4) is 0 Å². The topological polar surface area (TPSA) is 64.1 Å². The number of piperidine rings is 1. The molecule has 6 heteroatoms. The minimum absolute atomic E-state index is 0.0354. The van der Waals surface area contributed by atoms with Crippen molar-refractivity contribution in [2.75, 3.05) is 37.6 Å². The largest absolute Gasteiger partial charge is 0.480 e. The molecule has 0 bridgehead atoms. The van der Waals surface area contributed by atoms with Crippen LogP contribution in [0.1, 0.15) is 31.7 Å². The van der Waals surface area contributed by atoms with E-state index in [0.717, 1.165) is 51.1 Å². The lowest BCUT2D eigenvalue weighted by Gasteiger charge is -2.39. The zero-order valence-corrected chi connectivity index (χ0v) is 15.7. The molecule has 1 unspecified atom stereocenters. The van der Waals surface area contributed by atoms with Gasteiger partial charge >= 0.3 is 5.97 Å². The number of nitrogens with zero attached hydrogens (tertiary/aromatic N) is 3. The van der Waals surface area contributed by atoms with Gasteiger partial charge in [-0.15, -0.1) is 0 Å². The third-order valence-electron chi connectivity index (χ3n) is 5.72. The molecule has 1 aromatic carbocycles. The quantitative estimate of drug-likeness (QED) is 0.841. The van der Waals surface area contributed by atoms with Crippen LogP contribution in [0.25, 0.3) is 0 Å². The normalized spacial score (nSPS) is 22.3. The third-order valence-corrected chi connectivity index (χ3v) is 5.72. The average molecular weight is 359 g/mol. The van der Waals surface area contributed by atoms with Crippen molar-refractivity contribution in [2.45, 2.75) is 45.2 Å². The summed E-state index contributed by atoms with van der Waals surface area (Å²) in [4.78, 5) is 30.2. The summed E-state index contributed by atoms with van der Waals surface area (Å²) in [5.74, 6) is -0.570. The predicted molar refractivity (Wildman–Crippen MR) is 101 cm³/mol. The smallest absolute Gasteiger partial charge is 0.317 e. The highest BCUT2D eigenvalue weighted by atomic mass is 16.4. The van der Waals surface area contributed by atoms with E-state index in [9.17, 15) is 9.59 Å². The standard InChI is InChI=1S/C20H29N3O3/c1-3-21(14-19(24)25)16-8-11-22(12-9-16)18-10-13-23(20(18)26)17-6-4-15(2)5-7-17/h4-7,16,18H,3,8-14H2,1-2H3,(H,24,25). The molecule has 1 aromatic rings. The Labute approximate surface area is 155 Å². The number of likely N-dealkylation sites (N-methyl/N-ethyl adjacent to an activating group) is 1. The van der Waals surface area contributed by atoms with Crippen molar-refractivity contribution in [1.29, 1.82) is 0 Å². The molecule has 0 aliphatic carbocycles. The van der Waals surface area contributed by atoms with Gasteiger partial charge in [0.1, 0.15) is 0 Å². The molecule has 2 fully saturated rings. The Morgan fingerprint density at radius 1 is 1.15 bits per heavy atom. The predicted octanol–water partition coefficient (Wildman–Crippen LogP) is 1.97. The molecule has 2 aliphatic rings. The number of carbonyl (C=O) groups is 2. The van der Waals surface area contributed by atoms with Crippen molar-refractivity contribution in [1.82, 2.24) is 9.80 Å². The molecule has 26 heavy (non-hydrogen) atoms. The second kappa shape index (κ2) is 8.18. The van der Waals surface area contributed by atoms with E-state index in [2.05, 4.69) is 4.90 Å². The van der Waals surface area contributed by atoms with Crippen molar-refractivity contribution < 1.29 is 14.7 Å². The Kier molecular flexibility index (Phi) is 5.94. The first-order chi connectivity index (χ1) is 12.5. The maximum absolute atomic E-state index is 12.9. The first-order valence-corrected chi connectivity index (χ1v) is 9.57. The van der Waals surface area contributed by atoms with Crippen LogP contribution in [0.2, 0.25) is 0 Å². The third kappa shape index (κ3) is 4.07. The number of anilines is 1. The summed E-state index contributed by atoms with van der Waals surface area (Å²) in [6.45, 7) is 7.40. The number of rotatable bonds is 6. The maximum Gasteiger partial charge on any atom is 0.317 e. The number of carboxylic acid groups (broad SMARTS) is 1. The molecule has 2 heterocycles. The number of aryl methyl sites for hydroxylation is 1. The highest BCUT2D eigenvalue weighted by molar-refractivity contribution is 5.99. The van der Waals surface area contributed by atoms with Gasteiger partial charge < -0.3 is 10.0 Å². The van der Waals surface area contributed by atoms with E-state index in [1.54, 1.807) is 0 Å². The van der Waals surface area contributed by atoms with Crippen LogP contribution in [0, 0.1) is 6.92 Å². The Hall–Kier alpha value is -1.92. The highest BCUT2D eigenvalue weighted by Crippen LogP contribution is 2.27. The summed E-state index contributed by atoms with van der Waals surface area (Å²) in [7, 11) is 0. The Bertz CT molecular complexity index is 638. The summed E-state index contributed by atoms with van der Waals surface area (Å²) in [6, 6.07) is 8.40. The van der Waals surface area contributed by atoms with Gasteiger partial charge in [-0.25, -0.2) is 0 Å². The fourth-order valence-corrected chi connectivity index (χ4v) is 4.22. The van der Waals surface area contributed by atoms with Crippen molar-refractivity contribution >= 4 is 17.6 Å². The fraction of sp³-hybridized carbons (Fsp3) is 0.600. The van der Waals surface area contributed by atoms with Gasteiger partial charge in [-0.1, -0.05) is 24.6 Å². The summed E-state index contributed by atoms with van der Waals surface area (Å²) < 4.78 is 0. The molecule has 1 amide bonds. The van der Waals surface area contributed by atoms with Crippen LogP contribution in [0.4, 0.5) is 5.69 Å².